The summed E-state index contributed by atoms with van der Waals surface area (Å²) >= 11 is 7.78. The zero-order valence-electron chi connectivity index (χ0n) is 13.8. The second-order valence-electron chi connectivity index (χ2n) is 7.05. The van der Waals surface area contributed by atoms with Crippen molar-refractivity contribution in [2.75, 3.05) is 13.1 Å². The highest BCUT2D eigenvalue weighted by atomic mass is 35.5. The van der Waals surface area contributed by atoms with Crippen molar-refractivity contribution in [2.24, 2.45) is 12.5 Å². The van der Waals surface area contributed by atoms with E-state index in [1.54, 1.807) is 23.6 Å². The Morgan fingerprint density at radius 2 is 2.29 bits per heavy atom. The van der Waals surface area contributed by atoms with Gasteiger partial charge in [-0.15, -0.1) is 0 Å². The highest BCUT2D eigenvalue weighted by Gasteiger charge is 2.57. The van der Waals surface area contributed by atoms with Crippen molar-refractivity contribution in [2.45, 2.75) is 31.8 Å². The lowest BCUT2D eigenvalue weighted by Gasteiger charge is -2.29. The van der Waals surface area contributed by atoms with E-state index < -0.39 is 0 Å². The second-order valence-corrected chi connectivity index (χ2v) is 8.27. The van der Waals surface area contributed by atoms with Gasteiger partial charge >= 0.3 is 0 Å². The molecule has 0 radical (unpaired) electrons. The summed E-state index contributed by atoms with van der Waals surface area (Å²) < 4.78 is 1.84. The fourth-order valence-corrected chi connectivity index (χ4v) is 4.93. The molecule has 2 aromatic heterocycles. The molecule has 3 heterocycles. The summed E-state index contributed by atoms with van der Waals surface area (Å²) in [5.41, 5.74) is 2.21. The lowest BCUT2D eigenvalue weighted by Crippen LogP contribution is -2.39. The number of rotatable bonds is 4. The van der Waals surface area contributed by atoms with Gasteiger partial charge in [-0.2, -0.15) is 11.3 Å². The molecule has 4 rings (SSSR count). The maximum atomic E-state index is 13.2. The first kappa shape index (κ1) is 16.2. The van der Waals surface area contributed by atoms with Crippen molar-refractivity contribution < 1.29 is 4.79 Å². The van der Waals surface area contributed by atoms with E-state index in [0.29, 0.717) is 28.7 Å². The van der Waals surface area contributed by atoms with E-state index in [1.165, 1.54) is 18.4 Å². The van der Waals surface area contributed by atoms with Gasteiger partial charge in [0.2, 0.25) is 0 Å². The average molecular weight is 364 g/mol. The predicted octanol–water partition coefficient (Wildman–Crippen LogP) is 3.52. The fourth-order valence-electron chi connectivity index (χ4n) is 4.02. The maximum Gasteiger partial charge on any atom is 0.271 e. The van der Waals surface area contributed by atoms with Crippen LogP contribution in [-0.2, 0) is 13.6 Å². The molecular formula is C18H22ClN3OS. The van der Waals surface area contributed by atoms with Gasteiger partial charge < -0.3 is 14.8 Å². The number of aryl methyl sites for hydroxylation is 1. The molecule has 4 nitrogen and oxygen atoms in total. The summed E-state index contributed by atoms with van der Waals surface area (Å²) in [7, 11) is 1.88. The zero-order valence-corrected chi connectivity index (χ0v) is 15.4. The number of aromatic nitrogens is 1. The third kappa shape index (κ3) is 2.89. The molecule has 1 spiro atoms. The summed E-state index contributed by atoms with van der Waals surface area (Å²) in [6.45, 7) is 2.81. The molecule has 1 atom stereocenters. The Labute approximate surface area is 151 Å². The lowest BCUT2D eigenvalue weighted by molar-refractivity contribution is 0.0682. The molecule has 2 aliphatic rings. The topological polar surface area (TPSA) is 37.3 Å². The Bertz CT molecular complexity index is 734. The van der Waals surface area contributed by atoms with Gasteiger partial charge in [0.1, 0.15) is 5.69 Å². The van der Waals surface area contributed by atoms with Crippen molar-refractivity contribution in [1.29, 1.82) is 0 Å². The van der Waals surface area contributed by atoms with Crippen LogP contribution < -0.4 is 5.32 Å². The quantitative estimate of drug-likeness (QED) is 0.902. The molecule has 128 valence electrons. The molecule has 2 aromatic rings. The van der Waals surface area contributed by atoms with Crippen LogP contribution in [0.2, 0.25) is 5.02 Å². The van der Waals surface area contributed by atoms with Crippen molar-refractivity contribution >= 4 is 28.8 Å². The van der Waals surface area contributed by atoms with E-state index in [-0.39, 0.29) is 5.91 Å². The van der Waals surface area contributed by atoms with Crippen molar-refractivity contribution in [1.82, 2.24) is 14.8 Å². The fraction of sp³-hybridized carbons (Fsp3) is 0.500. The number of carbonyl (C=O) groups excluding carboxylic acids is 1. The highest BCUT2D eigenvalue weighted by Crippen LogP contribution is 2.56. The Balaban J connectivity index is 1.61. The molecule has 1 saturated heterocycles. The monoisotopic (exact) mass is 363 g/mol. The molecule has 0 unspecified atom stereocenters. The smallest absolute Gasteiger partial charge is 0.271 e. The summed E-state index contributed by atoms with van der Waals surface area (Å²) in [5, 5.41) is 8.26. The molecular weight excluding hydrogens is 342 g/mol. The van der Waals surface area contributed by atoms with Crippen molar-refractivity contribution in [3.05, 3.63) is 45.4 Å². The third-order valence-corrected chi connectivity index (χ3v) is 6.45. The van der Waals surface area contributed by atoms with Crippen LogP contribution in [0.4, 0.5) is 0 Å². The first-order valence-electron chi connectivity index (χ1n) is 8.44. The van der Waals surface area contributed by atoms with Crippen LogP contribution in [0.3, 0.4) is 0 Å². The second kappa shape index (κ2) is 6.21. The van der Waals surface area contributed by atoms with Crippen LogP contribution in [-0.4, -0.2) is 34.5 Å². The maximum absolute atomic E-state index is 13.2. The lowest BCUT2D eigenvalue weighted by atomic mass is 9.93. The number of hydrogen-bond donors (Lipinski definition) is 1. The Morgan fingerprint density at radius 3 is 2.92 bits per heavy atom. The Kier molecular flexibility index (Phi) is 4.19. The number of carbonyl (C=O) groups is 1. The van der Waals surface area contributed by atoms with E-state index >= 15 is 0 Å². The highest BCUT2D eigenvalue weighted by molar-refractivity contribution is 7.07. The summed E-state index contributed by atoms with van der Waals surface area (Å²) in [6.07, 6.45) is 5.26. The van der Waals surface area contributed by atoms with Gasteiger partial charge in [0, 0.05) is 25.8 Å². The first-order valence-corrected chi connectivity index (χ1v) is 9.76. The largest absolute Gasteiger partial charge is 0.345 e. The minimum absolute atomic E-state index is 0.0935. The molecule has 1 aliphatic carbocycles. The van der Waals surface area contributed by atoms with E-state index in [2.05, 4.69) is 27.0 Å². The molecule has 0 bridgehead atoms. The van der Waals surface area contributed by atoms with Gasteiger partial charge in [-0.05, 0) is 66.2 Å². The molecule has 1 amide bonds. The van der Waals surface area contributed by atoms with Gasteiger partial charge in [0.15, 0.2) is 0 Å². The normalized spacial score (nSPS) is 21.8. The number of thiophene rings is 1. The summed E-state index contributed by atoms with van der Waals surface area (Å²) in [4.78, 5) is 15.3. The number of nitrogens with zero attached hydrogens (tertiary/aromatic N) is 2. The van der Waals surface area contributed by atoms with Crippen molar-refractivity contribution in [3.63, 3.8) is 0 Å². The number of nitrogens with one attached hydrogen (secondary N) is 1. The average Bonchev–Trinajstić information content (AvgIpc) is 2.92. The van der Waals surface area contributed by atoms with Gasteiger partial charge in [-0.3, -0.25) is 4.79 Å². The molecule has 1 saturated carbocycles. The standard InChI is InChI=1S/C18H22ClN3OS/c1-21-11-14(19)8-15(21)17(23)22(10-13-2-7-24-12-13)16-9-18(16)3-5-20-6-4-18/h2,7-8,11-12,16,20H,3-6,9-10H2,1H3/t16-/m1/s1. The van der Waals surface area contributed by atoms with Crippen LogP contribution >= 0.6 is 22.9 Å². The Morgan fingerprint density at radius 1 is 1.50 bits per heavy atom. The number of amides is 1. The molecule has 24 heavy (non-hydrogen) atoms. The molecule has 1 aliphatic heterocycles. The van der Waals surface area contributed by atoms with Gasteiger partial charge in [0.25, 0.3) is 5.91 Å². The van der Waals surface area contributed by atoms with E-state index in [9.17, 15) is 4.79 Å². The predicted molar refractivity (Wildman–Crippen MR) is 97.6 cm³/mol. The third-order valence-electron chi connectivity index (χ3n) is 5.51. The zero-order chi connectivity index (χ0) is 16.7. The first-order chi connectivity index (χ1) is 11.6. The van der Waals surface area contributed by atoms with Gasteiger partial charge in [0.05, 0.1) is 5.02 Å². The number of halogens is 1. The number of hydrogen-bond acceptors (Lipinski definition) is 3. The van der Waals surface area contributed by atoms with Crippen LogP contribution in [0.5, 0.6) is 0 Å². The van der Waals surface area contributed by atoms with Crippen LogP contribution in [0.15, 0.2) is 29.1 Å². The minimum Gasteiger partial charge on any atom is -0.345 e. The van der Waals surface area contributed by atoms with Crippen molar-refractivity contribution in [3.8, 4) is 0 Å². The van der Waals surface area contributed by atoms with Gasteiger partial charge in [-0.1, -0.05) is 11.6 Å². The van der Waals surface area contributed by atoms with Crippen LogP contribution in [0.25, 0.3) is 0 Å². The summed E-state index contributed by atoms with van der Waals surface area (Å²) in [6, 6.07) is 4.24. The molecule has 2 fully saturated rings. The van der Waals surface area contributed by atoms with E-state index in [4.69, 9.17) is 11.6 Å². The molecule has 6 heteroatoms. The van der Waals surface area contributed by atoms with E-state index in [1.807, 2.05) is 11.6 Å². The van der Waals surface area contributed by atoms with Gasteiger partial charge in [-0.25, -0.2) is 0 Å². The molecule has 0 aromatic carbocycles. The minimum atomic E-state index is 0.0935. The summed E-state index contributed by atoms with van der Waals surface area (Å²) in [5.74, 6) is 0.0935. The van der Waals surface area contributed by atoms with E-state index in [0.717, 1.165) is 19.5 Å². The SMILES string of the molecule is Cn1cc(Cl)cc1C(=O)N(Cc1ccsc1)[C@@H]1CC12CCNCC2. The molecule has 1 N–H and O–H groups in total. The van der Waals surface area contributed by atoms with Crippen LogP contribution in [0.1, 0.15) is 35.3 Å². The van der Waals surface area contributed by atoms with Crippen LogP contribution in [0, 0.1) is 5.41 Å². The Hall–Kier alpha value is -1.30. The number of piperidine rings is 1.